The SMILES string of the molecule is Nc1nc([C@H](CF)C(F)F)nc([C@H](CF)C(F)F)n1. The van der Waals surface area contributed by atoms with Gasteiger partial charge in [-0.2, -0.15) is 9.97 Å². The Labute approximate surface area is 104 Å². The van der Waals surface area contributed by atoms with Gasteiger partial charge in [0.15, 0.2) is 0 Å². The van der Waals surface area contributed by atoms with Gasteiger partial charge in [0.2, 0.25) is 5.95 Å². The molecule has 0 fully saturated rings. The molecule has 0 bridgehead atoms. The molecule has 108 valence electrons. The maximum atomic E-state index is 12.5. The van der Waals surface area contributed by atoms with Gasteiger partial charge >= 0.3 is 0 Å². The van der Waals surface area contributed by atoms with E-state index in [1.54, 1.807) is 0 Å². The molecule has 2 N–H and O–H groups in total. The van der Waals surface area contributed by atoms with E-state index in [0.29, 0.717) is 0 Å². The molecule has 0 spiro atoms. The van der Waals surface area contributed by atoms with Crippen molar-refractivity contribution < 1.29 is 26.3 Å². The maximum absolute atomic E-state index is 12.5. The van der Waals surface area contributed by atoms with Crippen molar-refractivity contribution in [2.45, 2.75) is 24.7 Å². The topological polar surface area (TPSA) is 64.7 Å². The van der Waals surface area contributed by atoms with Crippen LogP contribution in [-0.2, 0) is 0 Å². The van der Waals surface area contributed by atoms with Crippen molar-refractivity contribution in [1.29, 1.82) is 0 Å². The number of alkyl halides is 6. The van der Waals surface area contributed by atoms with E-state index in [-0.39, 0.29) is 0 Å². The Morgan fingerprint density at radius 1 is 0.789 bits per heavy atom. The summed E-state index contributed by atoms with van der Waals surface area (Å²) in [5.41, 5.74) is 5.15. The quantitative estimate of drug-likeness (QED) is 0.814. The zero-order valence-electron chi connectivity index (χ0n) is 9.41. The van der Waals surface area contributed by atoms with E-state index in [2.05, 4.69) is 15.0 Å². The average Bonchev–Trinajstić information content (AvgIpc) is 2.28. The predicted octanol–water partition coefficient (Wildman–Crippen LogP) is 2.09. The van der Waals surface area contributed by atoms with Gasteiger partial charge in [0, 0.05) is 0 Å². The predicted molar refractivity (Wildman–Crippen MR) is 53.7 cm³/mol. The molecular formula is C9H10F6N4. The highest BCUT2D eigenvalue weighted by Gasteiger charge is 2.30. The fraction of sp³-hybridized carbons (Fsp3) is 0.667. The molecule has 1 rings (SSSR count). The van der Waals surface area contributed by atoms with Gasteiger partial charge in [0.1, 0.15) is 36.8 Å². The number of anilines is 1. The summed E-state index contributed by atoms with van der Waals surface area (Å²) in [5, 5.41) is 0. The number of hydrogen-bond donors (Lipinski definition) is 1. The Hall–Kier alpha value is -1.61. The lowest BCUT2D eigenvalue weighted by molar-refractivity contribution is 0.0924. The lowest BCUT2D eigenvalue weighted by atomic mass is 10.1. The standard InChI is InChI=1S/C9H10F6N4/c10-1-3(5(12)13)7-17-8(19-9(16)18-7)4(2-11)6(14)15/h3-6H,1-2H2,(H2,16,17,18,19)/t3-,4-/m1/s1. The summed E-state index contributed by atoms with van der Waals surface area (Å²) in [6.07, 6.45) is -6.29. The molecule has 1 aromatic rings. The van der Waals surface area contributed by atoms with E-state index in [4.69, 9.17) is 5.73 Å². The smallest absolute Gasteiger partial charge is 0.251 e. The minimum Gasteiger partial charge on any atom is -0.368 e. The van der Waals surface area contributed by atoms with Crippen LogP contribution >= 0.6 is 0 Å². The molecule has 0 amide bonds. The average molecular weight is 288 g/mol. The Bertz CT molecular complexity index is 381. The number of rotatable bonds is 6. The lowest BCUT2D eigenvalue weighted by Gasteiger charge is -2.15. The molecule has 0 saturated carbocycles. The van der Waals surface area contributed by atoms with Crippen LogP contribution in [0.3, 0.4) is 0 Å². The Balaban J connectivity index is 3.19. The van der Waals surface area contributed by atoms with E-state index >= 15 is 0 Å². The van der Waals surface area contributed by atoms with Crippen molar-refractivity contribution in [1.82, 2.24) is 15.0 Å². The molecule has 2 atom stereocenters. The molecule has 0 aliphatic rings. The first-order chi connectivity index (χ1) is 8.90. The Kier molecular flexibility index (Phi) is 5.31. The Morgan fingerprint density at radius 2 is 1.16 bits per heavy atom. The normalized spacial score (nSPS) is 14.9. The number of nitrogens with two attached hydrogens (primary N) is 1. The van der Waals surface area contributed by atoms with E-state index < -0.39 is 55.6 Å². The fourth-order valence-corrected chi connectivity index (χ4v) is 1.26. The van der Waals surface area contributed by atoms with Gasteiger partial charge in [-0.3, -0.25) is 8.78 Å². The van der Waals surface area contributed by atoms with Gasteiger partial charge in [-0.25, -0.2) is 22.5 Å². The number of hydrogen-bond acceptors (Lipinski definition) is 4. The number of nitrogens with zero attached hydrogens (tertiary/aromatic N) is 3. The van der Waals surface area contributed by atoms with Crippen molar-refractivity contribution in [3.8, 4) is 0 Å². The number of nitrogen functional groups attached to an aromatic ring is 1. The van der Waals surface area contributed by atoms with Crippen molar-refractivity contribution in [3.63, 3.8) is 0 Å². The summed E-state index contributed by atoms with van der Waals surface area (Å²) in [4.78, 5) is 9.82. The first kappa shape index (κ1) is 15.4. The van der Waals surface area contributed by atoms with Crippen LogP contribution in [0.1, 0.15) is 23.5 Å². The van der Waals surface area contributed by atoms with Crippen LogP contribution < -0.4 is 5.73 Å². The summed E-state index contributed by atoms with van der Waals surface area (Å²) in [6, 6.07) is 0. The van der Waals surface area contributed by atoms with Crippen molar-refractivity contribution >= 4 is 5.95 Å². The van der Waals surface area contributed by atoms with E-state index in [0.717, 1.165) is 0 Å². The molecular weight excluding hydrogens is 278 g/mol. The van der Waals surface area contributed by atoms with Crippen LogP contribution in [-0.4, -0.2) is 41.2 Å². The van der Waals surface area contributed by atoms with E-state index in [1.807, 2.05) is 0 Å². The second kappa shape index (κ2) is 6.53. The summed E-state index contributed by atoms with van der Waals surface area (Å²) in [5.74, 6) is -6.19. The van der Waals surface area contributed by atoms with Crippen LogP contribution in [0.5, 0.6) is 0 Å². The van der Waals surface area contributed by atoms with Crippen LogP contribution in [0.15, 0.2) is 0 Å². The molecule has 1 aromatic heterocycles. The second-order valence-electron chi connectivity index (χ2n) is 3.60. The van der Waals surface area contributed by atoms with Gasteiger partial charge in [-0.05, 0) is 0 Å². The monoisotopic (exact) mass is 288 g/mol. The zero-order chi connectivity index (χ0) is 14.6. The van der Waals surface area contributed by atoms with Crippen molar-refractivity contribution in [2.75, 3.05) is 19.1 Å². The number of aromatic nitrogens is 3. The molecule has 1 heterocycles. The maximum Gasteiger partial charge on any atom is 0.251 e. The van der Waals surface area contributed by atoms with Crippen LogP contribution in [0.4, 0.5) is 32.3 Å². The zero-order valence-corrected chi connectivity index (χ0v) is 9.41. The van der Waals surface area contributed by atoms with Crippen molar-refractivity contribution in [2.24, 2.45) is 0 Å². The highest BCUT2D eigenvalue weighted by Crippen LogP contribution is 2.25. The van der Waals surface area contributed by atoms with Gasteiger partial charge < -0.3 is 5.73 Å². The molecule has 0 unspecified atom stereocenters. The molecule has 0 aliphatic carbocycles. The van der Waals surface area contributed by atoms with Crippen molar-refractivity contribution in [3.05, 3.63) is 11.6 Å². The molecule has 10 heteroatoms. The summed E-state index contributed by atoms with van der Waals surface area (Å²) >= 11 is 0. The highest BCUT2D eigenvalue weighted by atomic mass is 19.3. The molecule has 19 heavy (non-hydrogen) atoms. The molecule has 4 nitrogen and oxygen atoms in total. The van der Waals surface area contributed by atoms with E-state index in [9.17, 15) is 26.3 Å². The van der Waals surface area contributed by atoms with Gasteiger partial charge in [0.25, 0.3) is 12.9 Å². The Morgan fingerprint density at radius 3 is 1.42 bits per heavy atom. The summed E-state index contributed by atoms with van der Waals surface area (Å²) in [7, 11) is 0. The van der Waals surface area contributed by atoms with Crippen LogP contribution in [0.25, 0.3) is 0 Å². The third-order valence-electron chi connectivity index (χ3n) is 2.29. The van der Waals surface area contributed by atoms with Gasteiger partial charge in [-0.15, -0.1) is 0 Å². The minimum atomic E-state index is -3.14. The largest absolute Gasteiger partial charge is 0.368 e. The first-order valence-electron chi connectivity index (χ1n) is 5.10. The number of halogens is 6. The highest BCUT2D eigenvalue weighted by molar-refractivity contribution is 5.20. The molecule has 0 saturated heterocycles. The summed E-state index contributed by atoms with van der Waals surface area (Å²) in [6.45, 7) is -3.01. The molecule has 0 aromatic carbocycles. The third-order valence-corrected chi connectivity index (χ3v) is 2.29. The van der Waals surface area contributed by atoms with Gasteiger partial charge in [0.05, 0.1) is 0 Å². The third kappa shape index (κ3) is 3.67. The fourth-order valence-electron chi connectivity index (χ4n) is 1.26. The van der Waals surface area contributed by atoms with Gasteiger partial charge in [-0.1, -0.05) is 0 Å². The minimum absolute atomic E-state index is 0.641. The second-order valence-corrected chi connectivity index (χ2v) is 3.60. The lowest BCUT2D eigenvalue weighted by Crippen LogP contribution is -2.22. The van der Waals surface area contributed by atoms with Crippen LogP contribution in [0.2, 0.25) is 0 Å². The summed E-state index contributed by atoms with van der Waals surface area (Å²) < 4.78 is 74.9. The van der Waals surface area contributed by atoms with E-state index in [1.165, 1.54) is 0 Å². The molecule has 0 aliphatic heterocycles. The van der Waals surface area contributed by atoms with Crippen LogP contribution in [0, 0.1) is 0 Å². The molecule has 0 radical (unpaired) electrons. The first-order valence-corrected chi connectivity index (χ1v) is 5.10.